The molecule has 1 heterocycles. The molecule has 4 heteroatoms. The highest BCUT2D eigenvalue weighted by molar-refractivity contribution is 5.95. The van der Waals surface area contributed by atoms with Crippen LogP contribution >= 0.6 is 0 Å². The third kappa shape index (κ3) is 2.59. The first-order valence-corrected chi connectivity index (χ1v) is 6.96. The van der Waals surface area contributed by atoms with Gasteiger partial charge in [-0.25, -0.2) is 0 Å². The molecule has 1 saturated heterocycles. The van der Waals surface area contributed by atoms with Crippen molar-refractivity contribution >= 4 is 17.3 Å². The number of hydrogen-bond acceptors (Lipinski definition) is 3. The number of rotatable bonds is 4. The third-order valence-electron chi connectivity index (χ3n) is 4.05. The van der Waals surface area contributed by atoms with Crippen molar-refractivity contribution in [3.63, 3.8) is 0 Å². The summed E-state index contributed by atoms with van der Waals surface area (Å²) in [6, 6.07) is 8.68. The average Bonchev–Trinajstić information content (AvgIpc) is 2.80. The average molecular weight is 260 g/mol. The molecule has 1 aliphatic carbocycles. The van der Waals surface area contributed by atoms with Crippen LogP contribution in [-0.2, 0) is 9.53 Å². The molecule has 1 amide bonds. The monoisotopic (exact) mass is 260 g/mol. The molecular formula is C15H20N2O2. The predicted molar refractivity (Wildman–Crippen MR) is 75.5 cm³/mol. The molecule has 3 rings (SSSR count). The van der Waals surface area contributed by atoms with Crippen LogP contribution in [0.2, 0.25) is 0 Å². The number of benzene rings is 1. The van der Waals surface area contributed by atoms with Crippen LogP contribution in [-0.4, -0.2) is 31.7 Å². The van der Waals surface area contributed by atoms with E-state index in [4.69, 9.17) is 4.74 Å². The van der Waals surface area contributed by atoms with E-state index in [1.807, 2.05) is 17.0 Å². The van der Waals surface area contributed by atoms with Crippen molar-refractivity contribution in [1.82, 2.24) is 0 Å². The summed E-state index contributed by atoms with van der Waals surface area (Å²) in [5, 5.41) is 3.49. The minimum atomic E-state index is 0.239. The molecule has 1 N–H and O–H groups in total. The molecule has 2 fully saturated rings. The maximum absolute atomic E-state index is 11.7. The van der Waals surface area contributed by atoms with Gasteiger partial charge in [0.25, 0.3) is 0 Å². The Bertz CT molecular complexity index is 452. The van der Waals surface area contributed by atoms with Gasteiger partial charge in [-0.05, 0) is 43.5 Å². The van der Waals surface area contributed by atoms with E-state index in [9.17, 15) is 4.79 Å². The third-order valence-corrected chi connectivity index (χ3v) is 4.05. The number of carbonyl (C=O) groups excluding carboxylic acids is 1. The lowest BCUT2D eigenvalue weighted by atomic mass is 9.89. The second-order valence-electron chi connectivity index (χ2n) is 5.37. The number of ether oxygens (including phenoxy) is 1. The van der Waals surface area contributed by atoms with Gasteiger partial charge in [0.1, 0.15) is 0 Å². The minimum Gasteiger partial charge on any atom is -0.382 e. The van der Waals surface area contributed by atoms with Crippen molar-refractivity contribution in [2.45, 2.75) is 37.8 Å². The van der Waals surface area contributed by atoms with Crippen molar-refractivity contribution in [2.75, 3.05) is 23.9 Å². The van der Waals surface area contributed by atoms with Gasteiger partial charge in [-0.15, -0.1) is 0 Å². The maximum atomic E-state index is 11.7. The molecule has 19 heavy (non-hydrogen) atoms. The Hall–Kier alpha value is -1.55. The van der Waals surface area contributed by atoms with E-state index in [0.717, 1.165) is 37.2 Å². The number of anilines is 2. The SMILES string of the molecule is COC1CC(Nc2ccc(N3CCCC3=O)cc2)C1. The Kier molecular flexibility index (Phi) is 3.42. The van der Waals surface area contributed by atoms with Crippen LogP contribution in [0.15, 0.2) is 24.3 Å². The molecule has 102 valence electrons. The Labute approximate surface area is 113 Å². The number of nitrogens with zero attached hydrogens (tertiary/aromatic N) is 1. The molecule has 1 aromatic rings. The molecule has 1 aromatic carbocycles. The summed E-state index contributed by atoms with van der Waals surface area (Å²) in [4.78, 5) is 13.5. The summed E-state index contributed by atoms with van der Waals surface area (Å²) in [5.74, 6) is 0.239. The molecule has 1 saturated carbocycles. The fourth-order valence-corrected chi connectivity index (χ4v) is 2.77. The summed E-state index contributed by atoms with van der Waals surface area (Å²) >= 11 is 0. The Balaban J connectivity index is 1.58. The van der Waals surface area contributed by atoms with Crippen LogP contribution in [0.5, 0.6) is 0 Å². The molecular weight excluding hydrogens is 240 g/mol. The first-order chi connectivity index (χ1) is 9.26. The van der Waals surface area contributed by atoms with Gasteiger partial charge in [0.15, 0.2) is 0 Å². The Morgan fingerprint density at radius 2 is 2.00 bits per heavy atom. The number of methoxy groups -OCH3 is 1. The predicted octanol–water partition coefficient (Wildman–Crippen LogP) is 2.40. The largest absolute Gasteiger partial charge is 0.382 e. The topological polar surface area (TPSA) is 41.6 Å². The molecule has 0 atom stereocenters. The number of carbonyl (C=O) groups is 1. The first kappa shape index (κ1) is 12.5. The zero-order chi connectivity index (χ0) is 13.2. The first-order valence-electron chi connectivity index (χ1n) is 6.96. The van der Waals surface area contributed by atoms with Crippen molar-refractivity contribution in [3.8, 4) is 0 Å². The molecule has 2 aliphatic rings. The maximum Gasteiger partial charge on any atom is 0.227 e. The lowest BCUT2D eigenvalue weighted by Crippen LogP contribution is -2.40. The summed E-state index contributed by atoms with van der Waals surface area (Å²) in [6.45, 7) is 0.851. The van der Waals surface area contributed by atoms with Gasteiger partial charge in [-0.3, -0.25) is 4.79 Å². The van der Waals surface area contributed by atoms with Crippen LogP contribution < -0.4 is 10.2 Å². The smallest absolute Gasteiger partial charge is 0.227 e. The van der Waals surface area contributed by atoms with Crippen molar-refractivity contribution in [1.29, 1.82) is 0 Å². The van der Waals surface area contributed by atoms with E-state index in [1.54, 1.807) is 7.11 Å². The van der Waals surface area contributed by atoms with E-state index in [-0.39, 0.29) is 5.91 Å². The zero-order valence-corrected chi connectivity index (χ0v) is 11.3. The molecule has 0 unspecified atom stereocenters. The normalized spacial score (nSPS) is 26.4. The van der Waals surface area contributed by atoms with Gasteiger partial charge in [0, 0.05) is 37.5 Å². The van der Waals surface area contributed by atoms with E-state index < -0.39 is 0 Å². The number of hydrogen-bond donors (Lipinski definition) is 1. The molecule has 0 bridgehead atoms. The fraction of sp³-hybridized carbons (Fsp3) is 0.533. The van der Waals surface area contributed by atoms with E-state index >= 15 is 0 Å². The Morgan fingerprint density at radius 3 is 2.58 bits per heavy atom. The minimum absolute atomic E-state index is 0.239. The van der Waals surface area contributed by atoms with Crippen LogP contribution in [0.1, 0.15) is 25.7 Å². The second kappa shape index (κ2) is 5.21. The highest BCUT2D eigenvalue weighted by Gasteiger charge is 2.28. The van der Waals surface area contributed by atoms with Crippen molar-refractivity contribution in [2.24, 2.45) is 0 Å². The number of nitrogens with one attached hydrogen (secondary N) is 1. The van der Waals surface area contributed by atoms with Gasteiger partial charge in [0.05, 0.1) is 6.10 Å². The van der Waals surface area contributed by atoms with Crippen LogP contribution in [0, 0.1) is 0 Å². The molecule has 0 aromatic heterocycles. The van der Waals surface area contributed by atoms with Gasteiger partial charge >= 0.3 is 0 Å². The molecule has 0 radical (unpaired) electrons. The van der Waals surface area contributed by atoms with E-state index in [0.29, 0.717) is 18.6 Å². The van der Waals surface area contributed by atoms with Gasteiger partial charge in [0.2, 0.25) is 5.91 Å². The number of amides is 1. The van der Waals surface area contributed by atoms with Crippen LogP contribution in [0.3, 0.4) is 0 Å². The summed E-state index contributed by atoms with van der Waals surface area (Å²) in [6.07, 6.45) is 4.21. The highest BCUT2D eigenvalue weighted by Crippen LogP contribution is 2.28. The van der Waals surface area contributed by atoms with Gasteiger partial charge in [-0.2, -0.15) is 0 Å². The zero-order valence-electron chi connectivity index (χ0n) is 11.3. The van der Waals surface area contributed by atoms with E-state index in [1.165, 1.54) is 0 Å². The second-order valence-corrected chi connectivity index (χ2v) is 5.37. The lowest BCUT2D eigenvalue weighted by Gasteiger charge is -2.35. The molecule has 0 spiro atoms. The standard InChI is InChI=1S/C15H20N2O2/c1-19-14-9-12(10-14)16-11-4-6-13(7-5-11)17-8-2-3-15(17)18/h4-7,12,14,16H,2-3,8-10H2,1H3. The van der Waals surface area contributed by atoms with Crippen LogP contribution in [0.25, 0.3) is 0 Å². The van der Waals surface area contributed by atoms with Crippen LogP contribution in [0.4, 0.5) is 11.4 Å². The van der Waals surface area contributed by atoms with Crippen molar-refractivity contribution in [3.05, 3.63) is 24.3 Å². The van der Waals surface area contributed by atoms with Gasteiger partial charge in [-0.1, -0.05) is 0 Å². The fourth-order valence-electron chi connectivity index (χ4n) is 2.77. The van der Waals surface area contributed by atoms with Crippen molar-refractivity contribution < 1.29 is 9.53 Å². The van der Waals surface area contributed by atoms with Gasteiger partial charge < -0.3 is 15.0 Å². The van der Waals surface area contributed by atoms with E-state index in [2.05, 4.69) is 17.4 Å². The summed E-state index contributed by atoms with van der Waals surface area (Å²) in [5.41, 5.74) is 2.13. The lowest BCUT2D eigenvalue weighted by molar-refractivity contribution is -0.117. The highest BCUT2D eigenvalue weighted by atomic mass is 16.5. The summed E-state index contributed by atoms with van der Waals surface area (Å²) < 4.78 is 5.27. The quantitative estimate of drug-likeness (QED) is 0.904. The molecule has 1 aliphatic heterocycles. The summed E-state index contributed by atoms with van der Waals surface area (Å²) in [7, 11) is 1.77. The molecule has 4 nitrogen and oxygen atoms in total. The Morgan fingerprint density at radius 1 is 1.26 bits per heavy atom.